The largest absolute Gasteiger partial charge is 0.371 e. The number of amides is 1. The summed E-state index contributed by atoms with van der Waals surface area (Å²) in [5.41, 5.74) is 2.03. The molecule has 0 bridgehead atoms. The number of anilines is 3. The van der Waals surface area contributed by atoms with E-state index in [0.29, 0.717) is 18.7 Å². The Balaban J connectivity index is 1.60. The minimum absolute atomic E-state index is 0.0959. The Bertz CT molecular complexity index is 787. The van der Waals surface area contributed by atoms with Crippen molar-refractivity contribution >= 4 is 23.1 Å². The van der Waals surface area contributed by atoms with Crippen LogP contribution in [0.1, 0.15) is 23.2 Å². The highest BCUT2D eigenvalue weighted by molar-refractivity contribution is 6.08. The maximum atomic E-state index is 13.6. The van der Waals surface area contributed by atoms with Gasteiger partial charge in [0, 0.05) is 39.4 Å². The van der Waals surface area contributed by atoms with Crippen LogP contribution in [0.15, 0.2) is 36.5 Å². The van der Waals surface area contributed by atoms with E-state index in [1.807, 2.05) is 24.1 Å². The van der Waals surface area contributed by atoms with Gasteiger partial charge >= 0.3 is 0 Å². The number of halogens is 1. The van der Waals surface area contributed by atoms with Gasteiger partial charge in [0.05, 0.1) is 16.9 Å². The van der Waals surface area contributed by atoms with Crippen LogP contribution < -0.4 is 14.7 Å². The van der Waals surface area contributed by atoms with E-state index in [4.69, 9.17) is 0 Å². The standard InChI is InChI=1S/C19H21FN4O/c1-22-10-11-24(16-6-5-15(20)12-17(16)22)19(25)14-4-7-18(21-13-14)23-8-2-3-9-23/h4-7,12-13H,2-3,8-11H2,1H3. The van der Waals surface area contributed by atoms with E-state index < -0.39 is 0 Å². The first-order chi connectivity index (χ1) is 12.1. The lowest BCUT2D eigenvalue weighted by Gasteiger charge is -2.35. The molecule has 0 N–H and O–H groups in total. The van der Waals surface area contributed by atoms with Crippen LogP contribution in [0.5, 0.6) is 0 Å². The Morgan fingerprint density at radius 2 is 1.84 bits per heavy atom. The van der Waals surface area contributed by atoms with Gasteiger partial charge in [0.1, 0.15) is 11.6 Å². The summed E-state index contributed by atoms with van der Waals surface area (Å²) >= 11 is 0. The molecule has 0 spiro atoms. The first kappa shape index (κ1) is 15.9. The van der Waals surface area contributed by atoms with Crippen LogP contribution in [-0.2, 0) is 0 Å². The first-order valence-corrected chi connectivity index (χ1v) is 8.67. The van der Waals surface area contributed by atoms with Crippen molar-refractivity contribution in [2.45, 2.75) is 12.8 Å². The van der Waals surface area contributed by atoms with Crippen molar-refractivity contribution in [1.29, 1.82) is 0 Å². The molecule has 1 aromatic heterocycles. The second kappa shape index (κ2) is 6.35. The third kappa shape index (κ3) is 2.92. The maximum absolute atomic E-state index is 13.6. The van der Waals surface area contributed by atoms with Gasteiger partial charge in [-0.1, -0.05) is 0 Å². The number of rotatable bonds is 2. The molecular weight excluding hydrogens is 319 g/mol. The van der Waals surface area contributed by atoms with Gasteiger partial charge in [-0.15, -0.1) is 0 Å². The molecule has 3 heterocycles. The van der Waals surface area contributed by atoms with E-state index in [0.717, 1.165) is 30.3 Å². The van der Waals surface area contributed by atoms with Gasteiger partial charge in [-0.25, -0.2) is 9.37 Å². The molecule has 0 radical (unpaired) electrons. The molecule has 0 unspecified atom stereocenters. The zero-order valence-electron chi connectivity index (χ0n) is 14.3. The highest BCUT2D eigenvalue weighted by Gasteiger charge is 2.26. The van der Waals surface area contributed by atoms with E-state index >= 15 is 0 Å². The molecule has 0 atom stereocenters. The van der Waals surface area contributed by atoms with Gasteiger partial charge in [-0.3, -0.25) is 4.79 Å². The predicted octanol–water partition coefficient (Wildman–Crippen LogP) is 2.92. The lowest BCUT2D eigenvalue weighted by Crippen LogP contribution is -2.42. The lowest BCUT2D eigenvalue weighted by atomic mass is 10.1. The molecule has 1 fully saturated rings. The quantitative estimate of drug-likeness (QED) is 0.843. The number of carbonyl (C=O) groups excluding carboxylic acids is 1. The second-order valence-electron chi connectivity index (χ2n) is 6.61. The summed E-state index contributed by atoms with van der Waals surface area (Å²) < 4.78 is 13.6. The molecular formula is C19H21FN4O. The third-order valence-electron chi connectivity index (χ3n) is 4.97. The lowest BCUT2D eigenvalue weighted by molar-refractivity contribution is 0.0986. The average molecular weight is 340 g/mol. The zero-order valence-corrected chi connectivity index (χ0v) is 14.3. The number of nitrogens with zero attached hydrogens (tertiary/aromatic N) is 4. The molecule has 0 saturated carbocycles. The van der Waals surface area contributed by atoms with Gasteiger partial charge in [-0.05, 0) is 43.2 Å². The molecule has 4 rings (SSSR count). The van der Waals surface area contributed by atoms with Crippen LogP contribution in [0.25, 0.3) is 0 Å². The van der Waals surface area contributed by atoms with Crippen LogP contribution in [0.4, 0.5) is 21.6 Å². The van der Waals surface area contributed by atoms with Crippen LogP contribution in [0.2, 0.25) is 0 Å². The number of carbonyl (C=O) groups is 1. The van der Waals surface area contributed by atoms with Gasteiger partial charge < -0.3 is 14.7 Å². The summed E-state index contributed by atoms with van der Waals surface area (Å²) in [6, 6.07) is 8.30. The molecule has 1 aromatic carbocycles. The third-order valence-corrected chi connectivity index (χ3v) is 4.97. The monoisotopic (exact) mass is 340 g/mol. The Kier molecular flexibility index (Phi) is 4.03. The van der Waals surface area contributed by atoms with E-state index in [-0.39, 0.29) is 11.7 Å². The number of fused-ring (bicyclic) bond motifs is 1. The highest BCUT2D eigenvalue weighted by atomic mass is 19.1. The maximum Gasteiger partial charge on any atom is 0.259 e. The predicted molar refractivity (Wildman–Crippen MR) is 97.0 cm³/mol. The van der Waals surface area contributed by atoms with Gasteiger partial charge in [-0.2, -0.15) is 0 Å². The fraction of sp³-hybridized carbons (Fsp3) is 0.368. The summed E-state index contributed by atoms with van der Waals surface area (Å²) in [7, 11) is 1.91. The van der Waals surface area contributed by atoms with Crippen molar-refractivity contribution in [3.63, 3.8) is 0 Å². The Morgan fingerprint density at radius 1 is 1.04 bits per heavy atom. The molecule has 2 aromatic rings. The Morgan fingerprint density at radius 3 is 2.56 bits per heavy atom. The van der Waals surface area contributed by atoms with Crippen molar-refractivity contribution < 1.29 is 9.18 Å². The van der Waals surface area contributed by atoms with E-state index in [1.165, 1.54) is 25.0 Å². The average Bonchev–Trinajstić information content (AvgIpc) is 3.17. The van der Waals surface area contributed by atoms with Gasteiger partial charge in [0.25, 0.3) is 5.91 Å². The van der Waals surface area contributed by atoms with E-state index in [9.17, 15) is 9.18 Å². The fourth-order valence-corrected chi connectivity index (χ4v) is 3.53. The van der Waals surface area contributed by atoms with Crippen LogP contribution in [0, 0.1) is 5.82 Å². The van der Waals surface area contributed by atoms with Crippen LogP contribution in [0.3, 0.4) is 0 Å². The zero-order chi connectivity index (χ0) is 17.4. The first-order valence-electron chi connectivity index (χ1n) is 8.67. The van der Waals surface area contributed by atoms with Gasteiger partial charge in [0.15, 0.2) is 0 Å². The number of hydrogen-bond donors (Lipinski definition) is 0. The smallest absolute Gasteiger partial charge is 0.259 e. The van der Waals surface area contributed by atoms with E-state index in [1.54, 1.807) is 17.2 Å². The molecule has 25 heavy (non-hydrogen) atoms. The molecule has 2 aliphatic heterocycles. The van der Waals surface area contributed by atoms with Crippen LogP contribution >= 0.6 is 0 Å². The summed E-state index contributed by atoms with van der Waals surface area (Å²) in [5.74, 6) is 0.535. The van der Waals surface area contributed by atoms with Crippen molar-refractivity contribution in [3.05, 3.63) is 47.9 Å². The topological polar surface area (TPSA) is 39.7 Å². The minimum Gasteiger partial charge on any atom is -0.371 e. The number of pyridine rings is 1. The Labute approximate surface area is 146 Å². The molecule has 0 aliphatic carbocycles. The van der Waals surface area contributed by atoms with Crippen molar-refractivity contribution in [2.24, 2.45) is 0 Å². The molecule has 130 valence electrons. The number of likely N-dealkylation sites (N-methyl/N-ethyl adjacent to an activating group) is 1. The van der Waals surface area contributed by atoms with Crippen molar-refractivity contribution in [2.75, 3.05) is 47.9 Å². The normalized spacial score (nSPS) is 17.0. The molecule has 1 saturated heterocycles. The number of hydrogen-bond acceptors (Lipinski definition) is 4. The second-order valence-corrected chi connectivity index (χ2v) is 6.61. The number of aromatic nitrogens is 1. The fourth-order valence-electron chi connectivity index (χ4n) is 3.53. The van der Waals surface area contributed by atoms with Crippen molar-refractivity contribution in [1.82, 2.24) is 4.98 Å². The Hall–Kier alpha value is -2.63. The molecule has 5 nitrogen and oxygen atoms in total. The van der Waals surface area contributed by atoms with Crippen molar-refractivity contribution in [3.8, 4) is 0 Å². The van der Waals surface area contributed by atoms with Gasteiger partial charge in [0.2, 0.25) is 0 Å². The molecule has 2 aliphatic rings. The summed E-state index contributed by atoms with van der Waals surface area (Å²) in [4.78, 5) is 23.3. The minimum atomic E-state index is -0.295. The summed E-state index contributed by atoms with van der Waals surface area (Å²) in [6.45, 7) is 3.29. The molecule has 6 heteroatoms. The molecule has 1 amide bonds. The summed E-state index contributed by atoms with van der Waals surface area (Å²) in [6.07, 6.45) is 4.03. The highest BCUT2D eigenvalue weighted by Crippen LogP contribution is 2.33. The van der Waals surface area contributed by atoms with Crippen LogP contribution in [-0.4, -0.2) is 44.1 Å². The SMILES string of the molecule is CN1CCN(C(=O)c2ccc(N3CCCC3)nc2)c2ccc(F)cc21. The number of benzene rings is 1. The van der Waals surface area contributed by atoms with E-state index in [2.05, 4.69) is 9.88 Å². The summed E-state index contributed by atoms with van der Waals surface area (Å²) in [5, 5.41) is 0.